The Bertz CT molecular complexity index is 1660. The van der Waals surface area contributed by atoms with E-state index < -0.39 is 0 Å². The SMILES string of the molecule is Cc1nc(-c2cn[nH]n2)sc1C(=O)c1cnc(NC[C@H]2O[C@H](COCc3ccccc3)[C@@H](OCc3ccccc3)[C@H](C)[C@@H]2C)s1. The Morgan fingerprint density at radius 3 is 2.40 bits per heavy atom. The number of nitrogens with one attached hydrogen (secondary N) is 2. The van der Waals surface area contributed by atoms with Crippen LogP contribution in [0, 0.1) is 18.8 Å². The van der Waals surface area contributed by atoms with Gasteiger partial charge in [-0.3, -0.25) is 4.79 Å². The summed E-state index contributed by atoms with van der Waals surface area (Å²) in [5, 5.41) is 15.2. The quantitative estimate of drug-likeness (QED) is 0.145. The molecule has 0 aliphatic carbocycles. The van der Waals surface area contributed by atoms with Crippen LogP contribution in [0.3, 0.4) is 0 Å². The summed E-state index contributed by atoms with van der Waals surface area (Å²) in [7, 11) is 0. The molecule has 0 unspecified atom stereocenters. The predicted molar refractivity (Wildman–Crippen MR) is 174 cm³/mol. The van der Waals surface area contributed by atoms with Crippen LogP contribution in [-0.4, -0.2) is 62.6 Å². The number of hydrogen-bond donors (Lipinski definition) is 2. The van der Waals surface area contributed by atoms with Crippen molar-refractivity contribution in [1.29, 1.82) is 0 Å². The molecule has 1 fully saturated rings. The molecule has 0 spiro atoms. The Balaban J connectivity index is 1.10. The van der Waals surface area contributed by atoms with Gasteiger partial charge in [-0.1, -0.05) is 85.8 Å². The van der Waals surface area contributed by atoms with Gasteiger partial charge in [0.25, 0.3) is 0 Å². The van der Waals surface area contributed by atoms with Crippen LogP contribution in [0.2, 0.25) is 0 Å². The van der Waals surface area contributed by atoms with Crippen molar-refractivity contribution in [3.8, 4) is 10.7 Å². The largest absolute Gasteiger partial charge is 0.374 e. The van der Waals surface area contributed by atoms with Gasteiger partial charge in [-0.15, -0.1) is 11.3 Å². The summed E-state index contributed by atoms with van der Waals surface area (Å²) in [5.74, 6) is 0.330. The van der Waals surface area contributed by atoms with E-state index in [0.717, 1.165) is 11.1 Å². The molecule has 0 saturated carbocycles. The number of nitrogens with zero attached hydrogens (tertiary/aromatic N) is 4. The normalized spacial score (nSPS) is 21.5. The summed E-state index contributed by atoms with van der Waals surface area (Å²) in [6, 6.07) is 20.3. The lowest BCUT2D eigenvalue weighted by atomic mass is 9.81. The molecule has 234 valence electrons. The first kappa shape index (κ1) is 31.2. The molecule has 2 N–H and O–H groups in total. The Kier molecular flexibility index (Phi) is 10.1. The average molecular weight is 645 g/mol. The van der Waals surface area contributed by atoms with E-state index in [9.17, 15) is 4.79 Å². The molecule has 0 amide bonds. The molecular formula is C33H36N6O4S2. The highest BCUT2D eigenvalue weighted by molar-refractivity contribution is 7.20. The van der Waals surface area contributed by atoms with Crippen LogP contribution in [0.4, 0.5) is 5.13 Å². The number of aromatic amines is 1. The van der Waals surface area contributed by atoms with Gasteiger partial charge < -0.3 is 19.5 Å². The smallest absolute Gasteiger partial charge is 0.216 e. The molecule has 1 saturated heterocycles. The Hall–Kier alpha value is -3.81. The number of ketones is 1. The number of aryl methyl sites for hydroxylation is 1. The average Bonchev–Trinajstić information content (AvgIpc) is 3.84. The van der Waals surface area contributed by atoms with E-state index in [0.29, 0.717) is 57.6 Å². The summed E-state index contributed by atoms with van der Waals surface area (Å²) in [4.78, 5) is 23.4. The number of hydrogen-bond acceptors (Lipinski definition) is 11. The van der Waals surface area contributed by atoms with E-state index in [4.69, 9.17) is 14.2 Å². The number of thiazole rings is 2. The van der Waals surface area contributed by atoms with Crippen LogP contribution in [-0.2, 0) is 27.4 Å². The van der Waals surface area contributed by atoms with Gasteiger partial charge in [0.2, 0.25) is 5.78 Å². The van der Waals surface area contributed by atoms with Crippen molar-refractivity contribution in [2.45, 2.75) is 52.3 Å². The number of rotatable bonds is 13. The molecule has 5 aromatic rings. The van der Waals surface area contributed by atoms with Crippen molar-refractivity contribution >= 4 is 33.6 Å². The first-order valence-corrected chi connectivity index (χ1v) is 16.6. The van der Waals surface area contributed by atoms with Gasteiger partial charge in [0.1, 0.15) is 16.8 Å². The minimum Gasteiger partial charge on any atom is -0.374 e. The topological polar surface area (TPSA) is 124 Å². The van der Waals surface area contributed by atoms with E-state index in [1.54, 1.807) is 12.4 Å². The van der Waals surface area contributed by atoms with Crippen LogP contribution in [0.5, 0.6) is 0 Å². The number of benzene rings is 2. The number of H-pyrrole nitrogens is 1. The monoisotopic (exact) mass is 644 g/mol. The second-order valence-electron chi connectivity index (χ2n) is 11.2. The highest BCUT2D eigenvalue weighted by atomic mass is 32.1. The molecule has 5 atom stereocenters. The lowest BCUT2D eigenvalue weighted by Crippen LogP contribution is -2.53. The van der Waals surface area contributed by atoms with Gasteiger partial charge in [-0.2, -0.15) is 15.4 Å². The van der Waals surface area contributed by atoms with Crippen molar-refractivity contribution in [1.82, 2.24) is 25.4 Å². The number of carbonyl (C=O) groups is 1. The van der Waals surface area contributed by atoms with Gasteiger partial charge in [-0.05, 0) is 29.9 Å². The third-order valence-electron chi connectivity index (χ3n) is 8.15. The number of carbonyl (C=O) groups excluding carboxylic acids is 1. The molecule has 3 aromatic heterocycles. The fourth-order valence-corrected chi connectivity index (χ4v) is 7.25. The van der Waals surface area contributed by atoms with Crippen LogP contribution >= 0.6 is 22.7 Å². The van der Waals surface area contributed by atoms with Crippen molar-refractivity contribution in [2.75, 3.05) is 18.5 Å². The molecule has 12 heteroatoms. The van der Waals surface area contributed by atoms with E-state index in [1.165, 1.54) is 22.7 Å². The van der Waals surface area contributed by atoms with Gasteiger partial charge >= 0.3 is 0 Å². The molecule has 45 heavy (non-hydrogen) atoms. The van der Waals surface area contributed by atoms with Gasteiger partial charge in [-0.25, -0.2) is 9.97 Å². The fraction of sp³-hybridized carbons (Fsp3) is 0.364. The molecule has 0 radical (unpaired) electrons. The summed E-state index contributed by atoms with van der Waals surface area (Å²) in [6.07, 6.45) is 2.75. The molecule has 1 aliphatic heterocycles. The highest BCUT2D eigenvalue weighted by Crippen LogP contribution is 2.35. The minimum absolute atomic E-state index is 0.0984. The summed E-state index contributed by atoms with van der Waals surface area (Å²) in [6.45, 7) is 8.24. The lowest BCUT2D eigenvalue weighted by molar-refractivity contribution is -0.203. The zero-order chi connectivity index (χ0) is 31.2. The second-order valence-corrected chi connectivity index (χ2v) is 13.3. The summed E-state index contributed by atoms with van der Waals surface area (Å²) in [5.41, 5.74) is 3.52. The molecule has 6 rings (SSSR count). The fourth-order valence-electron chi connectivity index (χ4n) is 5.45. The van der Waals surface area contributed by atoms with E-state index >= 15 is 0 Å². The van der Waals surface area contributed by atoms with Crippen LogP contribution in [0.25, 0.3) is 10.7 Å². The molecule has 10 nitrogen and oxygen atoms in total. The van der Waals surface area contributed by atoms with Gasteiger partial charge in [0, 0.05) is 6.54 Å². The molecule has 2 aromatic carbocycles. The standard InChI is InChI=1S/C33H36N6O4S2/c1-20-21(2)30(42-18-24-12-8-5-9-13-24)27(19-41-17-23-10-6-4-7-11-23)43-26(20)15-34-33-35-16-28(44-33)29(40)31-22(3)37-32(45-31)25-14-36-39-38-25/h4-14,16,20-21,26-27,30H,15,17-19H2,1-3H3,(H,34,35)(H,36,38,39)/t20-,21+,26+,27+,30-/m0/s1. The number of aromatic nitrogens is 5. The summed E-state index contributed by atoms with van der Waals surface area (Å²) >= 11 is 2.63. The van der Waals surface area contributed by atoms with Crippen molar-refractivity contribution < 1.29 is 19.0 Å². The predicted octanol–water partition coefficient (Wildman–Crippen LogP) is 6.18. The first-order valence-electron chi connectivity index (χ1n) is 15.0. The van der Waals surface area contributed by atoms with Crippen LogP contribution < -0.4 is 5.32 Å². The van der Waals surface area contributed by atoms with Gasteiger partial charge in [0.15, 0.2) is 5.13 Å². The number of ether oxygens (including phenoxy) is 3. The maximum atomic E-state index is 13.3. The zero-order valence-corrected chi connectivity index (χ0v) is 27.0. The Morgan fingerprint density at radius 1 is 0.956 bits per heavy atom. The second kappa shape index (κ2) is 14.5. The maximum Gasteiger partial charge on any atom is 0.216 e. The minimum atomic E-state index is -0.239. The summed E-state index contributed by atoms with van der Waals surface area (Å²) < 4.78 is 19.3. The van der Waals surface area contributed by atoms with E-state index in [-0.39, 0.29) is 35.9 Å². The Morgan fingerprint density at radius 2 is 1.69 bits per heavy atom. The van der Waals surface area contributed by atoms with Crippen molar-refractivity contribution in [2.24, 2.45) is 11.8 Å². The van der Waals surface area contributed by atoms with E-state index in [1.807, 2.05) is 43.3 Å². The molecule has 1 aliphatic rings. The van der Waals surface area contributed by atoms with Crippen molar-refractivity contribution in [3.05, 3.63) is 99.6 Å². The highest BCUT2D eigenvalue weighted by Gasteiger charge is 2.42. The first-order chi connectivity index (χ1) is 22.0. The third-order valence-corrected chi connectivity index (χ3v) is 10.3. The maximum absolute atomic E-state index is 13.3. The number of anilines is 1. The van der Waals surface area contributed by atoms with Crippen LogP contribution in [0.15, 0.2) is 73.1 Å². The van der Waals surface area contributed by atoms with Crippen molar-refractivity contribution in [3.63, 3.8) is 0 Å². The molecule has 0 bridgehead atoms. The van der Waals surface area contributed by atoms with Crippen LogP contribution in [0.1, 0.15) is 45.2 Å². The van der Waals surface area contributed by atoms with Gasteiger partial charge in [0.05, 0.1) is 59.9 Å². The molecular weight excluding hydrogens is 609 g/mol. The third kappa shape index (κ3) is 7.54. The molecule has 4 heterocycles. The lowest BCUT2D eigenvalue weighted by Gasteiger charge is -2.44. The Labute approximate surface area is 270 Å². The van der Waals surface area contributed by atoms with E-state index in [2.05, 4.69) is 68.8 Å². The zero-order valence-electron chi connectivity index (χ0n) is 25.4.